The number of ether oxygens (including phenoxy) is 1. The van der Waals surface area contributed by atoms with Crippen LogP contribution in [0.2, 0.25) is 0 Å². The summed E-state index contributed by atoms with van der Waals surface area (Å²) in [5, 5.41) is 2.96. The van der Waals surface area contributed by atoms with Crippen LogP contribution in [0.15, 0.2) is 0 Å². The third-order valence-electron chi connectivity index (χ3n) is 3.17. The third kappa shape index (κ3) is 6.56. The van der Waals surface area contributed by atoms with E-state index in [9.17, 15) is 18.0 Å². The van der Waals surface area contributed by atoms with Crippen LogP contribution in [0.1, 0.15) is 33.1 Å². The first-order valence-electron chi connectivity index (χ1n) is 7.08. The summed E-state index contributed by atoms with van der Waals surface area (Å²) in [5.41, 5.74) is 0. The molecule has 0 amide bonds. The van der Waals surface area contributed by atoms with Crippen LogP contribution in [0.5, 0.6) is 0 Å². The number of rotatable bonds is 9. The lowest BCUT2D eigenvalue weighted by Gasteiger charge is -2.25. The Balaban J connectivity index is 2.48. The van der Waals surface area contributed by atoms with Crippen molar-refractivity contribution in [2.75, 3.05) is 26.2 Å². The Hall–Kier alpha value is -0.820. The fourth-order valence-electron chi connectivity index (χ4n) is 2.15. The Labute approximate surface area is 117 Å². The van der Waals surface area contributed by atoms with Gasteiger partial charge in [-0.1, -0.05) is 6.92 Å². The highest BCUT2D eigenvalue weighted by Gasteiger charge is 2.38. The van der Waals surface area contributed by atoms with E-state index in [1.807, 2.05) is 6.92 Å². The summed E-state index contributed by atoms with van der Waals surface area (Å²) in [6.45, 7) is 3.75. The van der Waals surface area contributed by atoms with Gasteiger partial charge in [0, 0.05) is 12.6 Å². The molecule has 4 nitrogen and oxygen atoms in total. The van der Waals surface area contributed by atoms with Crippen LogP contribution in [0, 0.1) is 0 Å². The molecule has 0 bridgehead atoms. The Morgan fingerprint density at radius 3 is 2.50 bits per heavy atom. The predicted molar refractivity (Wildman–Crippen MR) is 69.4 cm³/mol. The summed E-state index contributed by atoms with van der Waals surface area (Å²) in [7, 11) is 0. The quantitative estimate of drug-likeness (QED) is 0.660. The van der Waals surface area contributed by atoms with Gasteiger partial charge in [-0.05, 0) is 32.7 Å². The molecule has 1 rings (SSSR count). The average molecular weight is 296 g/mol. The molecule has 0 aromatic rings. The number of halogens is 3. The summed E-state index contributed by atoms with van der Waals surface area (Å²) in [5.74, 6) is -0.392. The largest absolute Gasteiger partial charge is 0.465 e. The molecule has 1 N–H and O–H groups in total. The maximum atomic E-state index is 12.5. The van der Waals surface area contributed by atoms with Crippen molar-refractivity contribution in [1.29, 1.82) is 0 Å². The fraction of sp³-hybridized carbons (Fsp3) is 0.923. The number of carbonyl (C=O) groups is 1. The highest BCUT2D eigenvalue weighted by Crippen LogP contribution is 2.30. The second-order valence-electron chi connectivity index (χ2n) is 4.97. The predicted octanol–water partition coefficient (Wildman–Crippen LogP) is 1.94. The molecule has 0 aromatic heterocycles. The Morgan fingerprint density at radius 2 is 2.05 bits per heavy atom. The first-order valence-corrected chi connectivity index (χ1v) is 7.08. The van der Waals surface area contributed by atoms with Gasteiger partial charge >= 0.3 is 12.1 Å². The number of likely N-dealkylation sites (N-methyl/N-ethyl adjacent to an activating group) is 1. The smallest absolute Gasteiger partial charge is 0.401 e. The molecule has 7 heteroatoms. The number of alkyl halides is 3. The molecule has 1 atom stereocenters. The monoisotopic (exact) mass is 296 g/mol. The van der Waals surface area contributed by atoms with E-state index in [2.05, 4.69) is 5.32 Å². The number of nitrogens with one attached hydrogen (secondary N) is 1. The molecular weight excluding hydrogens is 273 g/mol. The summed E-state index contributed by atoms with van der Waals surface area (Å²) in [6, 6.07) is -0.518. The summed E-state index contributed by atoms with van der Waals surface area (Å²) >= 11 is 0. The molecule has 118 valence electrons. The molecule has 1 unspecified atom stereocenters. The minimum absolute atomic E-state index is 0.0149. The van der Waals surface area contributed by atoms with Crippen molar-refractivity contribution in [2.24, 2.45) is 0 Å². The van der Waals surface area contributed by atoms with Crippen LogP contribution in [0.3, 0.4) is 0 Å². The number of esters is 1. The van der Waals surface area contributed by atoms with E-state index in [0.29, 0.717) is 13.0 Å². The van der Waals surface area contributed by atoms with Crippen molar-refractivity contribution < 1.29 is 22.7 Å². The molecule has 20 heavy (non-hydrogen) atoms. The third-order valence-corrected chi connectivity index (χ3v) is 3.17. The molecule has 0 aromatic carbocycles. The van der Waals surface area contributed by atoms with Crippen molar-refractivity contribution in [1.82, 2.24) is 10.2 Å². The Kier molecular flexibility index (Phi) is 6.75. The standard InChI is InChI=1S/C13H23F3N2O2/c1-3-17-11(12(19)20-4-2)7-8-18(10-5-6-10)9-13(14,15)16/h10-11,17H,3-9H2,1-2H3. The fourth-order valence-corrected chi connectivity index (χ4v) is 2.15. The Morgan fingerprint density at radius 1 is 1.40 bits per heavy atom. The number of hydrogen-bond acceptors (Lipinski definition) is 4. The van der Waals surface area contributed by atoms with Crippen LogP contribution in [0.25, 0.3) is 0 Å². The Bertz CT molecular complexity index is 306. The van der Waals surface area contributed by atoms with Crippen LogP contribution in [0.4, 0.5) is 13.2 Å². The van der Waals surface area contributed by atoms with E-state index >= 15 is 0 Å². The van der Waals surface area contributed by atoms with E-state index < -0.39 is 24.7 Å². The van der Waals surface area contributed by atoms with Crippen LogP contribution in [-0.2, 0) is 9.53 Å². The first-order chi connectivity index (χ1) is 9.37. The number of nitrogens with zero attached hydrogens (tertiary/aromatic N) is 1. The molecule has 0 radical (unpaired) electrons. The zero-order chi connectivity index (χ0) is 15.2. The van der Waals surface area contributed by atoms with Crippen molar-refractivity contribution in [3.05, 3.63) is 0 Å². The van der Waals surface area contributed by atoms with Gasteiger partial charge in [0.2, 0.25) is 0 Å². The van der Waals surface area contributed by atoms with E-state index in [1.165, 1.54) is 4.90 Å². The van der Waals surface area contributed by atoms with Crippen molar-refractivity contribution in [3.63, 3.8) is 0 Å². The normalized spacial score (nSPS) is 17.3. The van der Waals surface area contributed by atoms with Crippen LogP contribution >= 0.6 is 0 Å². The molecule has 1 aliphatic rings. The lowest BCUT2D eigenvalue weighted by Crippen LogP contribution is -2.43. The van der Waals surface area contributed by atoms with E-state index in [4.69, 9.17) is 4.74 Å². The van der Waals surface area contributed by atoms with Gasteiger partial charge in [-0.25, -0.2) is 0 Å². The molecule has 1 saturated carbocycles. The SMILES string of the molecule is CCNC(CCN(CC(F)(F)F)C1CC1)C(=O)OCC. The minimum Gasteiger partial charge on any atom is -0.465 e. The van der Waals surface area contributed by atoms with Crippen molar-refractivity contribution in [2.45, 2.75) is 51.4 Å². The summed E-state index contributed by atoms with van der Waals surface area (Å²) < 4.78 is 42.4. The van der Waals surface area contributed by atoms with E-state index in [1.54, 1.807) is 6.92 Å². The van der Waals surface area contributed by atoms with Crippen LogP contribution in [-0.4, -0.2) is 55.4 Å². The first kappa shape index (κ1) is 17.2. The molecule has 0 heterocycles. The molecule has 0 aliphatic heterocycles. The van der Waals surface area contributed by atoms with Crippen LogP contribution < -0.4 is 5.32 Å². The highest BCUT2D eigenvalue weighted by molar-refractivity contribution is 5.75. The summed E-state index contributed by atoms with van der Waals surface area (Å²) in [6.07, 6.45) is -2.25. The summed E-state index contributed by atoms with van der Waals surface area (Å²) in [4.78, 5) is 13.1. The van der Waals surface area contributed by atoms with Gasteiger partial charge in [-0.3, -0.25) is 9.69 Å². The topological polar surface area (TPSA) is 41.6 Å². The zero-order valence-electron chi connectivity index (χ0n) is 12.0. The number of carbonyl (C=O) groups excluding carboxylic acids is 1. The molecule has 1 fully saturated rings. The minimum atomic E-state index is -4.19. The zero-order valence-corrected chi connectivity index (χ0v) is 12.0. The number of hydrogen-bond donors (Lipinski definition) is 1. The molecule has 0 saturated heterocycles. The second kappa shape index (κ2) is 7.83. The van der Waals surface area contributed by atoms with Gasteiger partial charge in [0.15, 0.2) is 0 Å². The molecular formula is C13H23F3N2O2. The average Bonchev–Trinajstić information content (AvgIpc) is 3.15. The van der Waals surface area contributed by atoms with Crippen molar-refractivity contribution >= 4 is 5.97 Å². The maximum Gasteiger partial charge on any atom is 0.401 e. The molecule has 0 spiro atoms. The van der Waals surface area contributed by atoms with Crippen molar-refractivity contribution in [3.8, 4) is 0 Å². The highest BCUT2D eigenvalue weighted by atomic mass is 19.4. The van der Waals surface area contributed by atoms with Gasteiger partial charge in [-0.2, -0.15) is 13.2 Å². The van der Waals surface area contributed by atoms with Gasteiger partial charge in [0.1, 0.15) is 6.04 Å². The van der Waals surface area contributed by atoms with Gasteiger partial charge < -0.3 is 10.1 Å². The molecule has 1 aliphatic carbocycles. The van der Waals surface area contributed by atoms with Gasteiger partial charge in [0.25, 0.3) is 0 Å². The maximum absolute atomic E-state index is 12.5. The van der Waals surface area contributed by atoms with E-state index in [0.717, 1.165) is 12.8 Å². The van der Waals surface area contributed by atoms with Gasteiger partial charge in [-0.15, -0.1) is 0 Å². The van der Waals surface area contributed by atoms with Gasteiger partial charge in [0.05, 0.1) is 13.2 Å². The lowest BCUT2D eigenvalue weighted by atomic mass is 10.2. The second-order valence-corrected chi connectivity index (χ2v) is 4.97. The lowest BCUT2D eigenvalue weighted by molar-refractivity contribution is -0.149. The van der Waals surface area contributed by atoms with E-state index in [-0.39, 0.29) is 19.2 Å².